The van der Waals surface area contributed by atoms with E-state index in [-0.39, 0.29) is 12.6 Å². The Bertz CT molecular complexity index is 196. The molecule has 0 aromatic rings. The lowest BCUT2D eigenvalue weighted by Crippen LogP contribution is -2.47. The van der Waals surface area contributed by atoms with Crippen molar-refractivity contribution in [1.82, 2.24) is 9.80 Å². The molecule has 5 nitrogen and oxygen atoms in total. The number of nitrogens with zero attached hydrogens (tertiary/aromatic N) is 2. The van der Waals surface area contributed by atoms with Crippen LogP contribution in [-0.2, 0) is 9.53 Å². The smallest absolute Gasteiger partial charge is 0.317 e. The van der Waals surface area contributed by atoms with Gasteiger partial charge in [-0.2, -0.15) is 0 Å². The highest BCUT2D eigenvalue weighted by molar-refractivity contribution is 5.69. The number of ether oxygens (including phenoxy) is 1. The number of carboxylic acids is 1. The van der Waals surface area contributed by atoms with E-state index in [0.717, 1.165) is 13.1 Å². The molecule has 0 bridgehead atoms. The predicted molar refractivity (Wildman–Crippen MR) is 52.4 cm³/mol. The van der Waals surface area contributed by atoms with Crippen LogP contribution in [-0.4, -0.2) is 73.9 Å². The van der Waals surface area contributed by atoms with Crippen molar-refractivity contribution >= 4 is 5.97 Å². The van der Waals surface area contributed by atoms with Crippen molar-refractivity contribution < 1.29 is 14.6 Å². The molecule has 0 aromatic heterocycles. The summed E-state index contributed by atoms with van der Waals surface area (Å²) in [7, 11) is 3.97. The minimum Gasteiger partial charge on any atom is -0.480 e. The number of likely N-dealkylation sites (N-methyl/N-ethyl adjacent to an activating group) is 1. The quantitative estimate of drug-likeness (QED) is 0.655. The third kappa shape index (κ3) is 4.04. The zero-order chi connectivity index (χ0) is 10.6. The van der Waals surface area contributed by atoms with Gasteiger partial charge in [0, 0.05) is 19.6 Å². The van der Waals surface area contributed by atoms with E-state index in [0.29, 0.717) is 13.2 Å². The SMILES string of the molecule is CN(C)CC1CN(CC(=O)O)CCO1. The van der Waals surface area contributed by atoms with Gasteiger partial charge < -0.3 is 14.7 Å². The lowest BCUT2D eigenvalue weighted by molar-refractivity contribution is -0.140. The van der Waals surface area contributed by atoms with Gasteiger partial charge in [-0.1, -0.05) is 0 Å². The van der Waals surface area contributed by atoms with E-state index in [1.807, 2.05) is 19.0 Å². The van der Waals surface area contributed by atoms with Crippen molar-refractivity contribution in [3.8, 4) is 0 Å². The minimum atomic E-state index is -0.768. The lowest BCUT2D eigenvalue weighted by Gasteiger charge is -2.33. The summed E-state index contributed by atoms with van der Waals surface area (Å²) >= 11 is 0. The zero-order valence-electron chi connectivity index (χ0n) is 8.77. The minimum absolute atomic E-state index is 0.118. The molecule has 1 atom stereocenters. The van der Waals surface area contributed by atoms with Crippen LogP contribution in [0.1, 0.15) is 0 Å². The molecule has 1 rings (SSSR count). The van der Waals surface area contributed by atoms with Gasteiger partial charge in [-0.15, -0.1) is 0 Å². The van der Waals surface area contributed by atoms with Crippen molar-refractivity contribution in [2.24, 2.45) is 0 Å². The Hall–Kier alpha value is -0.650. The van der Waals surface area contributed by atoms with E-state index in [1.54, 1.807) is 0 Å². The van der Waals surface area contributed by atoms with Gasteiger partial charge in [0.15, 0.2) is 0 Å². The third-order valence-electron chi connectivity index (χ3n) is 2.15. The molecule has 0 aliphatic carbocycles. The molecule has 5 heteroatoms. The lowest BCUT2D eigenvalue weighted by atomic mass is 10.2. The first-order chi connectivity index (χ1) is 6.58. The molecular formula is C9H18N2O3. The molecule has 0 aromatic carbocycles. The van der Waals surface area contributed by atoms with Gasteiger partial charge in [0.05, 0.1) is 19.3 Å². The predicted octanol–water partition coefficient (Wildman–Crippen LogP) is -0.667. The molecule has 1 unspecified atom stereocenters. The van der Waals surface area contributed by atoms with Crippen molar-refractivity contribution in [1.29, 1.82) is 0 Å². The van der Waals surface area contributed by atoms with Crippen molar-refractivity contribution in [3.05, 3.63) is 0 Å². The largest absolute Gasteiger partial charge is 0.480 e. The van der Waals surface area contributed by atoms with Gasteiger partial charge in [-0.3, -0.25) is 9.69 Å². The summed E-state index contributed by atoms with van der Waals surface area (Å²) in [5.41, 5.74) is 0. The number of hydrogen-bond acceptors (Lipinski definition) is 4. The Labute approximate surface area is 84.2 Å². The summed E-state index contributed by atoms with van der Waals surface area (Å²) in [6, 6.07) is 0. The highest BCUT2D eigenvalue weighted by Gasteiger charge is 2.21. The first kappa shape index (κ1) is 11.4. The number of carbonyl (C=O) groups is 1. The number of aliphatic carboxylic acids is 1. The van der Waals surface area contributed by atoms with E-state index in [2.05, 4.69) is 4.90 Å². The normalized spacial score (nSPS) is 24.1. The molecule has 0 spiro atoms. The molecule has 82 valence electrons. The second-order valence-electron chi connectivity index (χ2n) is 3.88. The fourth-order valence-electron chi connectivity index (χ4n) is 1.63. The number of carboxylic acid groups (broad SMARTS) is 1. The molecule has 1 fully saturated rings. The van der Waals surface area contributed by atoms with E-state index in [1.165, 1.54) is 0 Å². The van der Waals surface area contributed by atoms with Gasteiger partial charge in [-0.05, 0) is 14.1 Å². The van der Waals surface area contributed by atoms with Crippen LogP contribution in [0.25, 0.3) is 0 Å². The Morgan fingerprint density at radius 2 is 2.36 bits per heavy atom. The average molecular weight is 202 g/mol. The van der Waals surface area contributed by atoms with Crippen LogP contribution in [0.15, 0.2) is 0 Å². The Kier molecular flexibility index (Phi) is 4.31. The molecule has 1 heterocycles. The van der Waals surface area contributed by atoms with Gasteiger partial charge >= 0.3 is 5.97 Å². The molecular weight excluding hydrogens is 184 g/mol. The van der Waals surface area contributed by atoms with E-state index >= 15 is 0 Å². The van der Waals surface area contributed by atoms with E-state index in [4.69, 9.17) is 9.84 Å². The van der Waals surface area contributed by atoms with Gasteiger partial charge in [-0.25, -0.2) is 0 Å². The second-order valence-corrected chi connectivity index (χ2v) is 3.88. The van der Waals surface area contributed by atoms with Crippen LogP contribution in [0.3, 0.4) is 0 Å². The van der Waals surface area contributed by atoms with Crippen molar-refractivity contribution in [3.63, 3.8) is 0 Å². The molecule has 1 aliphatic heterocycles. The number of morpholine rings is 1. The second kappa shape index (κ2) is 5.29. The van der Waals surface area contributed by atoms with Crippen LogP contribution in [0.4, 0.5) is 0 Å². The molecule has 0 amide bonds. The highest BCUT2D eigenvalue weighted by atomic mass is 16.5. The molecule has 14 heavy (non-hydrogen) atoms. The van der Waals surface area contributed by atoms with E-state index in [9.17, 15) is 4.79 Å². The maximum atomic E-state index is 10.5. The summed E-state index contributed by atoms with van der Waals surface area (Å²) in [5.74, 6) is -0.768. The topological polar surface area (TPSA) is 53.0 Å². The number of rotatable bonds is 4. The number of hydrogen-bond donors (Lipinski definition) is 1. The van der Waals surface area contributed by atoms with Crippen molar-refractivity contribution in [2.45, 2.75) is 6.10 Å². The van der Waals surface area contributed by atoms with Crippen LogP contribution in [0.2, 0.25) is 0 Å². The zero-order valence-corrected chi connectivity index (χ0v) is 8.77. The van der Waals surface area contributed by atoms with Crippen LogP contribution >= 0.6 is 0 Å². The summed E-state index contributed by atoms with van der Waals surface area (Å²) in [6.07, 6.45) is 0.137. The van der Waals surface area contributed by atoms with Gasteiger partial charge in [0.2, 0.25) is 0 Å². The van der Waals surface area contributed by atoms with Gasteiger partial charge in [0.1, 0.15) is 0 Å². The van der Waals surface area contributed by atoms with Crippen LogP contribution < -0.4 is 0 Å². The monoisotopic (exact) mass is 202 g/mol. The first-order valence-electron chi connectivity index (χ1n) is 4.78. The Balaban J connectivity index is 2.32. The maximum Gasteiger partial charge on any atom is 0.317 e. The summed E-state index contributed by atoms with van der Waals surface area (Å²) in [6.45, 7) is 3.02. The molecule has 1 saturated heterocycles. The first-order valence-corrected chi connectivity index (χ1v) is 4.78. The van der Waals surface area contributed by atoms with Crippen LogP contribution in [0, 0.1) is 0 Å². The maximum absolute atomic E-state index is 10.5. The highest BCUT2D eigenvalue weighted by Crippen LogP contribution is 2.05. The fourth-order valence-corrected chi connectivity index (χ4v) is 1.63. The molecule has 1 N–H and O–H groups in total. The molecule has 1 aliphatic rings. The average Bonchev–Trinajstić information content (AvgIpc) is 2.01. The van der Waals surface area contributed by atoms with Crippen LogP contribution in [0.5, 0.6) is 0 Å². The Morgan fingerprint density at radius 1 is 1.64 bits per heavy atom. The fraction of sp³-hybridized carbons (Fsp3) is 0.889. The summed E-state index contributed by atoms with van der Waals surface area (Å²) in [5, 5.41) is 8.64. The third-order valence-corrected chi connectivity index (χ3v) is 2.15. The summed E-state index contributed by atoms with van der Waals surface area (Å²) in [4.78, 5) is 14.5. The van der Waals surface area contributed by atoms with Gasteiger partial charge in [0.25, 0.3) is 0 Å². The molecule has 0 saturated carbocycles. The standard InChI is InChI=1S/C9H18N2O3/c1-10(2)5-8-6-11(3-4-14-8)7-9(12)13/h8H,3-7H2,1-2H3,(H,12,13). The summed E-state index contributed by atoms with van der Waals surface area (Å²) < 4.78 is 5.52. The van der Waals surface area contributed by atoms with E-state index < -0.39 is 5.97 Å². The molecule has 0 radical (unpaired) electrons. The van der Waals surface area contributed by atoms with Crippen molar-refractivity contribution in [2.75, 3.05) is 46.9 Å². The Morgan fingerprint density at radius 3 is 2.93 bits per heavy atom.